The molecule has 2 bridgehead atoms. The van der Waals surface area contributed by atoms with E-state index in [0.29, 0.717) is 5.92 Å². The summed E-state index contributed by atoms with van der Waals surface area (Å²) in [5, 5.41) is 0. The van der Waals surface area contributed by atoms with Gasteiger partial charge in [-0.25, -0.2) is 9.97 Å². The van der Waals surface area contributed by atoms with Crippen molar-refractivity contribution in [2.24, 2.45) is 10.9 Å². The van der Waals surface area contributed by atoms with Crippen LogP contribution in [0.1, 0.15) is 47.3 Å². The number of aromatic nitrogens is 2. The first kappa shape index (κ1) is 19.4. The lowest BCUT2D eigenvalue weighted by Gasteiger charge is -2.54. The Kier molecular flexibility index (Phi) is 4.29. The lowest BCUT2D eigenvalue weighted by atomic mass is 9.58. The average molecular weight is 423 g/mol. The van der Waals surface area contributed by atoms with Gasteiger partial charge in [0, 0.05) is 42.5 Å². The van der Waals surface area contributed by atoms with Gasteiger partial charge in [0.1, 0.15) is 6.33 Å². The number of carbonyl (C=O) groups is 1. The second-order valence-electron chi connectivity index (χ2n) is 9.55. The highest BCUT2D eigenvalue weighted by Crippen LogP contribution is 2.49. The molecule has 0 saturated carbocycles. The largest absolute Gasteiger partial charge is 0.335 e. The Hall–Kier alpha value is -3.34. The normalized spacial score (nSPS) is 25.4. The van der Waals surface area contributed by atoms with E-state index >= 15 is 0 Å². The molecule has 32 heavy (non-hydrogen) atoms. The number of hydrogen-bond donors (Lipinski definition) is 0. The Labute approximate surface area is 188 Å². The van der Waals surface area contributed by atoms with Crippen LogP contribution in [0.3, 0.4) is 0 Å². The third-order valence-electron chi connectivity index (χ3n) is 8.02. The van der Waals surface area contributed by atoms with Gasteiger partial charge in [-0.1, -0.05) is 26.0 Å². The number of hydrogen-bond acceptors (Lipinski definition) is 4. The van der Waals surface area contributed by atoms with E-state index in [9.17, 15) is 4.79 Å². The first-order valence-electron chi connectivity index (χ1n) is 11.4. The van der Waals surface area contributed by atoms with Crippen molar-refractivity contribution in [3.8, 4) is 11.3 Å². The average Bonchev–Trinajstić information content (AvgIpc) is 3.29. The lowest BCUT2D eigenvalue weighted by molar-refractivity contribution is 0.0251. The number of nitrogens with zero attached hydrogens (tertiary/aromatic N) is 4. The zero-order valence-corrected chi connectivity index (χ0v) is 18.5. The van der Waals surface area contributed by atoms with Crippen molar-refractivity contribution < 1.29 is 4.79 Å². The summed E-state index contributed by atoms with van der Waals surface area (Å²) in [5.41, 5.74) is 7.84. The van der Waals surface area contributed by atoms with Crippen LogP contribution in [0.4, 0.5) is 5.69 Å². The lowest BCUT2D eigenvalue weighted by Crippen LogP contribution is -2.59. The molecule has 3 heterocycles. The molecule has 160 valence electrons. The van der Waals surface area contributed by atoms with Crippen LogP contribution in [0.2, 0.25) is 0 Å². The van der Waals surface area contributed by atoms with E-state index in [1.807, 2.05) is 30.5 Å². The van der Waals surface area contributed by atoms with Crippen molar-refractivity contribution >= 4 is 17.8 Å². The summed E-state index contributed by atoms with van der Waals surface area (Å²) < 4.78 is 0. The molecule has 1 saturated heterocycles. The molecule has 0 N–H and O–H groups in total. The Morgan fingerprint density at radius 1 is 1.12 bits per heavy atom. The number of carbonyl (C=O) groups excluding carboxylic acids is 1. The highest BCUT2D eigenvalue weighted by molar-refractivity contribution is 5.96. The summed E-state index contributed by atoms with van der Waals surface area (Å²) in [6.07, 6.45) is 7.99. The van der Waals surface area contributed by atoms with E-state index in [1.54, 1.807) is 12.5 Å². The van der Waals surface area contributed by atoms with Crippen molar-refractivity contribution in [1.82, 2.24) is 14.9 Å². The maximum Gasteiger partial charge on any atom is 0.254 e. The van der Waals surface area contributed by atoms with Gasteiger partial charge in [-0.15, -0.1) is 0 Å². The second-order valence-corrected chi connectivity index (χ2v) is 9.55. The van der Waals surface area contributed by atoms with E-state index in [1.165, 1.54) is 11.1 Å². The third kappa shape index (κ3) is 2.84. The molecular formula is C27H26N4O. The van der Waals surface area contributed by atoms with Crippen molar-refractivity contribution in [3.05, 3.63) is 77.2 Å². The quantitative estimate of drug-likeness (QED) is 0.598. The van der Waals surface area contributed by atoms with Gasteiger partial charge in [0.15, 0.2) is 0 Å². The van der Waals surface area contributed by atoms with Crippen molar-refractivity contribution in [2.45, 2.75) is 44.6 Å². The molecule has 0 unspecified atom stereocenters. The van der Waals surface area contributed by atoms with Crippen LogP contribution in [0.15, 0.2) is 60.0 Å². The first-order chi connectivity index (χ1) is 15.5. The molecule has 3 aromatic rings. The molecule has 2 aliphatic heterocycles. The smallest absolute Gasteiger partial charge is 0.254 e. The van der Waals surface area contributed by atoms with Gasteiger partial charge in [0.25, 0.3) is 5.91 Å². The van der Waals surface area contributed by atoms with Crippen LogP contribution in [-0.2, 0) is 18.3 Å². The Morgan fingerprint density at radius 2 is 2.03 bits per heavy atom. The SMILES string of the molecule is C[C@@H]1[C@H]2Cc3ccc(-c4ccncn4)cc3[C@]1(C)CCN2C(=O)c1ccc2c(c1)CC=N2. The summed E-state index contributed by atoms with van der Waals surface area (Å²) >= 11 is 0. The molecule has 0 radical (unpaired) electrons. The highest BCUT2D eigenvalue weighted by Gasteiger charge is 2.49. The Balaban J connectivity index is 1.34. The fourth-order valence-electron chi connectivity index (χ4n) is 5.91. The molecule has 6 rings (SSSR count). The topological polar surface area (TPSA) is 58.5 Å². The summed E-state index contributed by atoms with van der Waals surface area (Å²) in [4.78, 5) is 28.6. The number of benzene rings is 2. The van der Waals surface area contributed by atoms with Gasteiger partial charge in [-0.2, -0.15) is 0 Å². The van der Waals surface area contributed by atoms with Crippen LogP contribution >= 0.6 is 0 Å². The number of fused-ring (bicyclic) bond motifs is 5. The molecule has 1 aromatic heterocycles. The van der Waals surface area contributed by atoms with Gasteiger partial charge in [0.2, 0.25) is 0 Å². The molecule has 3 atom stereocenters. The molecule has 1 amide bonds. The van der Waals surface area contributed by atoms with E-state index in [4.69, 9.17) is 0 Å². The van der Waals surface area contributed by atoms with Crippen LogP contribution in [0, 0.1) is 5.92 Å². The molecular weight excluding hydrogens is 396 g/mol. The second kappa shape index (κ2) is 7.09. The number of aliphatic imine (C=N–C) groups is 1. The summed E-state index contributed by atoms with van der Waals surface area (Å²) in [6.45, 7) is 5.48. The minimum atomic E-state index is 0.0455. The van der Waals surface area contributed by atoms with Crippen molar-refractivity contribution in [3.63, 3.8) is 0 Å². The van der Waals surface area contributed by atoms with Gasteiger partial charge in [-0.05, 0) is 71.2 Å². The third-order valence-corrected chi connectivity index (χ3v) is 8.02. The van der Waals surface area contributed by atoms with Crippen molar-refractivity contribution in [1.29, 1.82) is 0 Å². The van der Waals surface area contributed by atoms with Gasteiger partial charge < -0.3 is 4.90 Å². The number of rotatable bonds is 2. The zero-order valence-electron chi connectivity index (χ0n) is 18.5. The monoisotopic (exact) mass is 422 g/mol. The van der Waals surface area contributed by atoms with Crippen LogP contribution in [0.25, 0.3) is 11.3 Å². The number of piperidine rings is 1. The van der Waals surface area contributed by atoms with E-state index in [-0.39, 0.29) is 17.4 Å². The van der Waals surface area contributed by atoms with Gasteiger partial charge in [0.05, 0.1) is 11.4 Å². The molecule has 5 nitrogen and oxygen atoms in total. The van der Waals surface area contributed by atoms with Gasteiger partial charge >= 0.3 is 0 Å². The van der Waals surface area contributed by atoms with E-state index < -0.39 is 0 Å². The molecule has 1 aliphatic carbocycles. The standard InChI is InChI=1S/C27H26N4O/c1-17-25-15-18-3-4-19(24-8-10-28-16-30-24)14-22(18)27(17,2)9-12-31(25)26(32)21-5-6-23-20(13-21)7-11-29-23/h3-6,8,10-11,13-14,16-17,25H,7,9,12,15H2,1-2H3/t17-,25-,27-/m1/s1. The minimum absolute atomic E-state index is 0.0455. The van der Waals surface area contributed by atoms with Crippen molar-refractivity contribution in [2.75, 3.05) is 6.54 Å². The van der Waals surface area contributed by atoms with E-state index in [2.05, 4.69) is 51.9 Å². The number of amides is 1. The molecule has 3 aliphatic rings. The Bertz CT molecular complexity index is 1250. The summed E-state index contributed by atoms with van der Waals surface area (Å²) in [7, 11) is 0. The van der Waals surface area contributed by atoms with Crippen LogP contribution < -0.4 is 0 Å². The minimum Gasteiger partial charge on any atom is -0.335 e. The maximum atomic E-state index is 13.6. The molecule has 1 fully saturated rings. The summed E-state index contributed by atoms with van der Waals surface area (Å²) in [5.74, 6) is 0.533. The molecule has 5 heteroatoms. The highest BCUT2D eigenvalue weighted by atomic mass is 16.2. The van der Waals surface area contributed by atoms with E-state index in [0.717, 1.165) is 53.9 Å². The maximum absolute atomic E-state index is 13.6. The molecule has 0 spiro atoms. The van der Waals surface area contributed by atoms with Crippen LogP contribution in [-0.4, -0.2) is 39.6 Å². The van der Waals surface area contributed by atoms with Gasteiger partial charge in [-0.3, -0.25) is 9.79 Å². The fraction of sp³-hybridized carbons (Fsp3) is 0.333. The molecule has 2 aromatic carbocycles. The number of likely N-dealkylation sites (tertiary alicyclic amines) is 1. The summed E-state index contributed by atoms with van der Waals surface area (Å²) in [6, 6.07) is 14.8. The van der Waals surface area contributed by atoms with Crippen LogP contribution in [0.5, 0.6) is 0 Å². The fourth-order valence-corrected chi connectivity index (χ4v) is 5.91. The Morgan fingerprint density at radius 3 is 2.88 bits per heavy atom. The predicted octanol–water partition coefficient (Wildman–Crippen LogP) is 4.77. The first-order valence-corrected chi connectivity index (χ1v) is 11.4. The zero-order chi connectivity index (χ0) is 21.9. The predicted molar refractivity (Wildman–Crippen MR) is 125 cm³/mol.